The molecule has 7 nitrogen and oxygen atoms in total. The van der Waals surface area contributed by atoms with Crippen LogP contribution in [0.5, 0.6) is 5.75 Å². The molecule has 1 aromatic heterocycles. The number of anilines is 2. The quantitative estimate of drug-likeness (QED) is 0.797. The van der Waals surface area contributed by atoms with Crippen LogP contribution >= 0.6 is 0 Å². The maximum Gasteiger partial charge on any atom is 0.262 e. The molecule has 0 bridgehead atoms. The molecule has 0 saturated heterocycles. The lowest BCUT2D eigenvalue weighted by Gasteiger charge is -2.18. The van der Waals surface area contributed by atoms with Gasteiger partial charge in [-0.3, -0.25) is 14.7 Å². The number of aromatic nitrogens is 2. The third kappa shape index (κ3) is 2.71. The van der Waals surface area contributed by atoms with E-state index in [2.05, 4.69) is 20.8 Å². The van der Waals surface area contributed by atoms with Crippen LogP contribution < -0.4 is 15.4 Å². The summed E-state index contributed by atoms with van der Waals surface area (Å²) in [6.07, 6.45) is 0.811. The predicted octanol–water partition coefficient (Wildman–Crippen LogP) is 1.56. The third-order valence-corrected chi connectivity index (χ3v) is 3.13. The molecular weight excluding hydrogens is 272 g/mol. The molecule has 1 aliphatic heterocycles. The van der Waals surface area contributed by atoms with Crippen molar-refractivity contribution in [3.8, 4) is 5.75 Å². The van der Waals surface area contributed by atoms with E-state index in [-0.39, 0.29) is 18.4 Å². The predicted molar refractivity (Wildman–Crippen MR) is 76.5 cm³/mol. The zero-order valence-electron chi connectivity index (χ0n) is 11.4. The fourth-order valence-corrected chi connectivity index (χ4v) is 2.02. The lowest BCUT2D eigenvalue weighted by atomic mass is 10.1. The average molecular weight is 286 g/mol. The second-order valence-corrected chi connectivity index (χ2v) is 4.63. The van der Waals surface area contributed by atoms with Gasteiger partial charge < -0.3 is 15.4 Å². The van der Waals surface area contributed by atoms with Crippen LogP contribution in [0.3, 0.4) is 0 Å². The zero-order chi connectivity index (χ0) is 14.8. The van der Waals surface area contributed by atoms with Crippen molar-refractivity contribution in [3.63, 3.8) is 0 Å². The number of hydrogen-bond acceptors (Lipinski definition) is 4. The molecular formula is C14H14N4O3. The summed E-state index contributed by atoms with van der Waals surface area (Å²) in [6, 6.07) is 6.65. The molecule has 108 valence electrons. The normalized spacial score (nSPS) is 13.1. The highest BCUT2D eigenvalue weighted by molar-refractivity contribution is 6.05. The number of ether oxygens (including phenoxy) is 1. The van der Waals surface area contributed by atoms with Gasteiger partial charge in [0.05, 0.1) is 5.69 Å². The summed E-state index contributed by atoms with van der Waals surface area (Å²) in [4.78, 5) is 23.4. The summed E-state index contributed by atoms with van der Waals surface area (Å²) in [6.45, 7) is 1.98. The van der Waals surface area contributed by atoms with E-state index in [1.165, 1.54) is 0 Å². The smallest absolute Gasteiger partial charge is 0.262 e. The lowest BCUT2D eigenvalue weighted by Crippen LogP contribution is -2.25. The van der Waals surface area contributed by atoms with Crippen LogP contribution in [0.4, 0.5) is 11.5 Å². The molecule has 7 heteroatoms. The molecule has 0 aliphatic carbocycles. The number of aryl methyl sites for hydroxylation is 1. The molecule has 0 atom stereocenters. The van der Waals surface area contributed by atoms with Gasteiger partial charge in [0.1, 0.15) is 5.75 Å². The average Bonchev–Trinajstić information content (AvgIpc) is 2.94. The van der Waals surface area contributed by atoms with Gasteiger partial charge in [0.2, 0.25) is 0 Å². The molecule has 2 amide bonds. The van der Waals surface area contributed by atoms with E-state index in [0.717, 1.165) is 12.1 Å². The number of nitrogens with one attached hydrogen (secondary N) is 3. The minimum Gasteiger partial charge on any atom is -0.482 e. The molecule has 2 heterocycles. The minimum atomic E-state index is -0.299. The Morgan fingerprint density at radius 3 is 3.05 bits per heavy atom. The summed E-state index contributed by atoms with van der Waals surface area (Å²) in [5.41, 5.74) is 1.85. The summed E-state index contributed by atoms with van der Waals surface area (Å²) < 4.78 is 5.25. The van der Waals surface area contributed by atoms with Gasteiger partial charge in [-0.2, -0.15) is 5.10 Å². The topological polar surface area (TPSA) is 96.1 Å². The molecule has 3 N–H and O–H groups in total. The maximum atomic E-state index is 12.2. The second-order valence-electron chi connectivity index (χ2n) is 4.63. The Morgan fingerprint density at radius 2 is 2.29 bits per heavy atom. The first-order valence-corrected chi connectivity index (χ1v) is 6.58. The van der Waals surface area contributed by atoms with E-state index in [4.69, 9.17) is 4.74 Å². The molecule has 0 saturated carbocycles. The van der Waals surface area contributed by atoms with Crippen molar-refractivity contribution in [2.45, 2.75) is 13.3 Å². The summed E-state index contributed by atoms with van der Waals surface area (Å²) in [5.74, 6) is 0.487. The van der Waals surface area contributed by atoms with E-state index < -0.39 is 0 Å². The SMILES string of the molecule is CCc1cc(NC(=O)c2ccc3c(c2)NC(=O)CO3)n[nH]1. The summed E-state index contributed by atoms with van der Waals surface area (Å²) in [5, 5.41) is 12.2. The van der Waals surface area contributed by atoms with Crippen molar-refractivity contribution in [2.75, 3.05) is 17.2 Å². The van der Waals surface area contributed by atoms with Crippen LogP contribution in [0.1, 0.15) is 23.0 Å². The molecule has 0 unspecified atom stereocenters. The van der Waals surface area contributed by atoms with Crippen LogP contribution in [0.2, 0.25) is 0 Å². The molecule has 21 heavy (non-hydrogen) atoms. The number of carbonyl (C=O) groups excluding carboxylic acids is 2. The molecule has 0 fully saturated rings. The van der Waals surface area contributed by atoms with E-state index in [1.807, 2.05) is 6.92 Å². The highest BCUT2D eigenvalue weighted by atomic mass is 16.5. The number of hydrogen-bond donors (Lipinski definition) is 3. The van der Waals surface area contributed by atoms with Crippen molar-refractivity contribution in [3.05, 3.63) is 35.5 Å². The number of amides is 2. The number of rotatable bonds is 3. The Morgan fingerprint density at radius 1 is 1.43 bits per heavy atom. The summed E-state index contributed by atoms with van der Waals surface area (Å²) >= 11 is 0. The van der Waals surface area contributed by atoms with E-state index >= 15 is 0 Å². The fraction of sp³-hybridized carbons (Fsp3) is 0.214. The Bertz CT molecular complexity index is 708. The first kappa shape index (κ1) is 13.2. The van der Waals surface area contributed by atoms with Gasteiger partial charge in [-0.1, -0.05) is 6.92 Å². The highest BCUT2D eigenvalue weighted by Crippen LogP contribution is 2.28. The van der Waals surface area contributed by atoms with Crippen molar-refractivity contribution >= 4 is 23.3 Å². The zero-order valence-corrected chi connectivity index (χ0v) is 11.4. The van der Waals surface area contributed by atoms with Crippen molar-refractivity contribution < 1.29 is 14.3 Å². The van der Waals surface area contributed by atoms with Crippen LogP contribution in [0.15, 0.2) is 24.3 Å². The van der Waals surface area contributed by atoms with Gasteiger partial charge >= 0.3 is 0 Å². The molecule has 1 aliphatic rings. The minimum absolute atomic E-state index is 0.00833. The van der Waals surface area contributed by atoms with Crippen LogP contribution in [-0.2, 0) is 11.2 Å². The van der Waals surface area contributed by atoms with Gasteiger partial charge in [-0.15, -0.1) is 0 Å². The monoisotopic (exact) mass is 286 g/mol. The van der Waals surface area contributed by atoms with E-state index in [0.29, 0.717) is 22.8 Å². The van der Waals surface area contributed by atoms with Crippen molar-refractivity contribution in [2.24, 2.45) is 0 Å². The molecule has 2 aromatic rings. The number of carbonyl (C=O) groups is 2. The van der Waals surface area contributed by atoms with Gasteiger partial charge in [-0.05, 0) is 24.6 Å². The largest absolute Gasteiger partial charge is 0.482 e. The number of H-pyrrole nitrogens is 1. The Labute approximate surface area is 120 Å². The molecule has 0 spiro atoms. The number of aromatic amines is 1. The molecule has 0 radical (unpaired) electrons. The maximum absolute atomic E-state index is 12.2. The number of benzene rings is 1. The first-order valence-electron chi connectivity index (χ1n) is 6.58. The van der Waals surface area contributed by atoms with Gasteiger partial charge in [0, 0.05) is 17.3 Å². The van der Waals surface area contributed by atoms with Gasteiger partial charge in [-0.25, -0.2) is 0 Å². The van der Waals surface area contributed by atoms with Crippen LogP contribution in [0.25, 0.3) is 0 Å². The Kier molecular flexibility index (Phi) is 3.31. The number of fused-ring (bicyclic) bond motifs is 1. The van der Waals surface area contributed by atoms with E-state index in [1.54, 1.807) is 24.3 Å². The first-order chi connectivity index (χ1) is 10.2. The van der Waals surface area contributed by atoms with Crippen LogP contribution in [0, 0.1) is 0 Å². The molecule has 3 rings (SSSR count). The number of nitrogens with zero attached hydrogens (tertiary/aromatic N) is 1. The van der Waals surface area contributed by atoms with Crippen molar-refractivity contribution in [1.82, 2.24) is 10.2 Å². The fourth-order valence-electron chi connectivity index (χ4n) is 2.02. The lowest BCUT2D eigenvalue weighted by molar-refractivity contribution is -0.118. The molecule has 1 aromatic carbocycles. The van der Waals surface area contributed by atoms with E-state index in [9.17, 15) is 9.59 Å². The van der Waals surface area contributed by atoms with Crippen molar-refractivity contribution in [1.29, 1.82) is 0 Å². The van der Waals surface area contributed by atoms with Gasteiger partial charge in [0.25, 0.3) is 11.8 Å². The Balaban J connectivity index is 1.78. The summed E-state index contributed by atoms with van der Waals surface area (Å²) in [7, 11) is 0. The Hall–Kier alpha value is -2.83. The highest BCUT2D eigenvalue weighted by Gasteiger charge is 2.18. The standard InChI is InChI=1S/C14H14N4O3/c1-2-9-6-12(18-17-9)16-14(20)8-3-4-11-10(5-8)15-13(19)7-21-11/h3-6H,2,7H2,1H3,(H,15,19)(H2,16,17,18,20). The van der Waals surface area contributed by atoms with Gasteiger partial charge in [0.15, 0.2) is 12.4 Å². The third-order valence-electron chi connectivity index (χ3n) is 3.13. The van der Waals surface area contributed by atoms with Crippen LogP contribution in [-0.4, -0.2) is 28.6 Å². The second kappa shape index (κ2) is 5.28.